The first-order valence-corrected chi connectivity index (χ1v) is 17.7. The van der Waals surface area contributed by atoms with E-state index in [0.717, 1.165) is 57.8 Å². The summed E-state index contributed by atoms with van der Waals surface area (Å²) in [6.45, 7) is 15.4. The minimum Gasteiger partial charge on any atom is -0.481 e. The minimum absolute atomic E-state index is 0.00580. The van der Waals surface area contributed by atoms with E-state index in [2.05, 4.69) is 54.5 Å². The van der Waals surface area contributed by atoms with Crippen LogP contribution >= 0.6 is 0 Å². The molecule has 0 radical (unpaired) electrons. The summed E-state index contributed by atoms with van der Waals surface area (Å²) in [7, 11) is 0. The Morgan fingerprint density at radius 3 is 2.22 bits per heavy atom. The molecule has 5 N–H and O–H groups in total. The number of aliphatic carboxylic acids is 1. The number of aliphatic hydroxyl groups is 4. The fourth-order valence-electron chi connectivity index (χ4n) is 12.9. The van der Waals surface area contributed by atoms with Crippen LogP contribution in [0, 0.1) is 56.2 Å². The molecule has 14 atom stereocenters. The molecule has 1 heterocycles. The number of aliphatic hydroxyl groups excluding tert-OH is 4. The Balaban J connectivity index is 1.31. The quantitative estimate of drug-likeness (QED) is 0.252. The van der Waals surface area contributed by atoms with Gasteiger partial charge in [-0.05, 0) is 115 Å². The summed E-state index contributed by atoms with van der Waals surface area (Å²) in [5.74, 6) is -0.0683. The van der Waals surface area contributed by atoms with Gasteiger partial charge in [-0.25, -0.2) is 4.39 Å². The minimum atomic E-state index is -1.58. The predicted octanol–water partition coefficient (Wildman–Crippen LogP) is 5.67. The van der Waals surface area contributed by atoms with Crippen molar-refractivity contribution in [1.82, 2.24) is 0 Å². The highest BCUT2D eigenvalue weighted by molar-refractivity contribution is 5.76. The van der Waals surface area contributed by atoms with Crippen molar-refractivity contribution in [1.29, 1.82) is 0 Å². The number of carbonyl (C=O) groups is 1. The molecule has 0 amide bonds. The van der Waals surface area contributed by atoms with Gasteiger partial charge in [0.05, 0.1) is 11.5 Å². The number of alkyl halides is 1. The van der Waals surface area contributed by atoms with Crippen LogP contribution in [-0.2, 0) is 9.53 Å². The van der Waals surface area contributed by atoms with Gasteiger partial charge in [-0.2, -0.15) is 0 Å². The molecule has 1 saturated heterocycles. The van der Waals surface area contributed by atoms with Gasteiger partial charge in [-0.1, -0.05) is 60.1 Å². The zero-order chi connectivity index (χ0) is 33.1. The third-order valence-corrected chi connectivity index (χ3v) is 15.8. The lowest BCUT2D eigenvalue weighted by molar-refractivity contribution is -0.265. The molecule has 256 valence electrons. The lowest BCUT2D eigenvalue weighted by Gasteiger charge is -2.71. The van der Waals surface area contributed by atoms with Crippen molar-refractivity contribution in [2.75, 3.05) is 6.67 Å². The molecule has 6 aliphatic rings. The average Bonchev–Trinajstić information content (AvgIpc) is 2.95. The van der Waals surface area contributed by atoms with E-state index in [4.69, 9.17) is 4.74 Å². The Bertz CT molecular complexity index is 1220. The van der Waals surface area contributed by atoms with Crippen LogP contribution in [0.3, 0.4) is 0 Å². The van der Waals surface area contributed by atoms with Gasteiger partial charge in [-0.15, -0.1) is 0 Å². The lowest BCUT2D eigenvalue weighted by Crippen LogP contribution is -2.67. The van der Waals surface area contributed by atoms with Crippen LogP contribution in [0.5, 0.6) is 0 Å². The molecule has 8 heteroatoms. The first-order chi connectivity index (χ1) is 20.8. The summed E-state index contributed by atoms with van der Waals surface area (Å²) < 4.78 is 19.4. The molecule has 0 spiro atoms. The van der Waals surface area contributed by atoms with Crippen molar-refractivity contribution in [3.8, 4) is 0 Å². The zero-order valence-electron chi connectivity index (χ0n) is 28.6. The van der Waals surface area contributed by atoms with E-state index >= 15 is 0 Å². The van der Waals surface area contributed by atoms with E-state index in [9.17, 15) is 34.7 Å². The lowest BCUT2D eigenvalue weighted by atomic mass is 9.33. The van der Waals surface area contributed by atoms with Crippen molar-refractivity contribution < 1.29 is 39.5 Å². The molecule has 1 aliphatic heterocycles. The van der Waals surface area contributed by atoms with E-state index in [1.807, 2.05) is 0 Å². The summed E-state index contributed by atoms with van der Waals surface area (Å²) in [6, 6.07) is 0. The number of carboxylic acid groups (broad SMARTS) is 1. The summed E-state index contributed by atoms with van der Waals surface area (Å²) >= 11 is 0. The Morgan fingerprint density at radius 2 is 1.58 bits per heavy atom. The highest BCUT2D eigenvalue weighted by Crippen LogP contribution is 2.76. The van der Waals surface area contributed by atoms with Gasteiger partial charge in [0.15, 0.2) is 0 Å². The summed E-state index contributed by atoms with van der Waals surface area (Å²) in [5.41, 5.74) is 0.507. The Kier molecular flexibility index (Phi) is 8.06. The van der Waals surface area contributed by atoms with Crippen molar-refractivity contribution in [3.63, 3.8) is 0 Å². The number of allylic oxidation sites excluding steroid dienone is 2. The second-order valence-electron chi connectivity index (χ2n) is 18.4. The van der Waals surface area contributed by atoms with Gasteiger partial charge < -0.3 is 30.3 Å². The summed E-state index contributed by atoms with van der Waals surface area (Å²) in [6.07, 6.45) is 3.13. The number of hydrogen-bond donors (Lipinski definition) is 5. The topological polar surface area (TPSA) is 127 Å². The van der Waals surface area contributed by atoms with Crippen LogP contribution < -0.4 is 0 Å². The maximum atomic E-state index is 13.7. The molecule has 7 nitrogen and oxygen atoms in total. The summed E-state index contributed by atoms with van der Waals surface area (Å²) in [5, 5.41) is 53.8. The van der Waals surface area contributed by atoms with Crippen molar-refractivity contribution >= 4 is 5.97 Å². The molecule has 6 rings (SSSR count). The smallest absolute Gasteiger partial charge is 0.310 e. The van der Waals surface area contributed by atoms with Gasteiger partial charge in [0.1, 0.15) is 37.2 Å². The van der Waals surface area contributed by atoms with Gasteiger partial charge in [-0.3, -0.25) is 4.79 Å². The van der Waals surface area contributed by atoms with E-state index < -0.39 is 54.7 Å². The Labute approximate surface area is 269 Å². The van der Waals surface area contributed by atoms with E-state index in [0.29, 0.717) is 18.3 Å². The van der Waals surface area contributed by atoms with E-state index in [1.165, 1.54) is 5.57 Å². The van der Waals surface area contributed by atoms with Crippen LogP contribution in [-0.4, -0.2) is 74.8 Å². The SMILES string of the molecule is CC1(C)CC[C@]2(C(=O)O)CC[C@]3(C)C(=CCC4[C@@]5(C)CC[C@@H](C(O)[C@@H]6OC(CF)[C@@H](O)[C@H](O)C6O)C(C)(C)C5CC[C@]43C)C2C1. The van der Waals surface area contributed by atoms with Gasteiger partial charge in [0.25, 0.3) is 0 Å². The molecule has 5 aliphatic carbocycles. The van der Waals surface area contributed by atoms with Crippen LogP contribution in [0.2, 0.25) is 0 Å². The molecule has 5 fully saturated rings. The second-order valence-corrected chi connectivity index (χ2v) is 18.4. The number of halogens is 1. The van der Waals surface area contributed by atoms with Crippen LogP contribution in [0.1, 0.15) is 113 Å². The average molecular weight is 635 g/mol. The van der Waals surface area contributed by atoms with Crippen molar-refractivity contribution in [2.24, 2.45) is 56.2 Å². The first-order valence-electron chi connectivity index (χ1n) is 17.7. The van der Waals surface area contributed by atoms with E-state index in [-0.39, 0.29) is 38.9 Å². The molecular weight excluding hydrogens is 575 g/mol. The highest BCUT2D eigenvalue weighted by atomic mass is 19.1. The number of ether oxygens (including phenoxy) is 1. The third-order valence-electron chi connectivity index (χ3n) is 15.8. The van der Waals surface area contributed by atoms with Gasteiger partial charge >= 0.3 is 5.97 Å². The van der Waals surface area contributed by atoms with Crippen molar-refractivity contribution in [3.05, 3.63) is 11.6 Å². The third kappa shape index (κ3) is 4.54. The Morgan fingerprint density at radius 1 is 0.911 bits per heavy atom. The molecule has 0 aromatic carbocycles. The highest BCUT2D eigenvalue weighted by Gasteiger charge is 2.70. The molecule has 6 unspecified atom stereocenters. The van der Waals surface area contributed by atoms with Gasteiger partial charge in [0, 0.05) is 0 Å². The Hall–Kier alpha value is -1.06. The maximum Gasteiger partial charge on any atom is 0.310 e. The number of carboxylic acids is 1. The summed E-state index contributed by atoms with van der Waals surface area (Å²) in [4.78, 5) is 12.9. The van der Waals surface area contributed by atoms with Crippen molar-refractivity contribution in [2.45, 2.75) is 149 Å². The fraction of sp³-hybridized carbons (Fsp3) is 0.919. The van der Waals surface area contributed by atoms with Crippen LogP contribution in [0.15, 0.2) is 11.6 Å². The molecule has 4 saturated carbocycles. The van der Waals surface area contributed by atoms with Gasteiger partial charge in [0.2, 0.25) is 0 Å². The predicted molar refractivity (Wildman–Crippen MR) is 169 cm³/mol. The van der Waals surface area contributed by atoms with Crippen LogP contribution in [0.25, 0.3) is 0 Å². The molecule has 0 aromatic rings. The number of hydrogen-bond acceptors (Lipinski definition) is 6. The van der Waals surface area contributed by atoms with Crippen LogP contribution in [0.4, 0.5) is 4.39 Å². The molecule has 0 bridgehead atoms. The molecular formula is C37H59FO7. The fourth-order valence-corrected chi connectivity index (χ4v) is 12.9. The number of fused-ring (bicyclic) bond motifs is 7. The maximum absolute atomic E-state index is 13.7. The standard InChI is InChI=1S/C37H59FO7/c1-32(2)14-16-37(31(43)44)17-15-35(6)20(22(37)18-32)8-9-25-34(5)12-10-21(33(3,4)24(34)11-13-36(25,35)7)26(39)30-29(42)28(41)27(40)23(19-38)45-30/h8,21-30,39-42H,9-19H2,1-7H3,(H,43,44)/t21-,22?,23?,24?,25?,26?,27+,28-,29?,30-,34-,35+,36+,37-/m0/s1. The second kappa shape index (κ2) is 10.7. The molecule has 45 heavy (non-hydrogen) atoms. The normalized spacial score (nSPS) is 52.7. The van der Waals surface area contributed by atoms with E-state index in [1.54, 1.807) is 0 Å². The number of rotatable bonds is 4. The zero-order valence-corrected chi connectivity index (χ0v) is 28.6. The first kappa shape index (κ1) is 33.8. The monoisotopic (exact) mass is 634 g/mol. The molecule has 0 aromatic heterocycles. The largest absolute Gasteiger partial charge is 0.481 e.